The van der Waals surface area contributed by atoms with Gasteiger partial charge in [0.1, 0.15) is 12.4 Å². The second-order valence-electron chi connectivity index (χ2n) is 4.95. The summed E-state index contributed by atoms with van der Waals surface area (Å²) < 4.78 is 40.2. The third kappa shape index (κ3) is 4.66. The van der Waals surface area contributed by atoms with Crippen molar-refractivity contribution in [2.45, 2.75) is 31.9 Å². The maximum absolute atomic E-state index is 11.9. The van der Waals surface area contributed by atoms with Gasteiger partial charge in [0.25, 0.3) is 0 Å². The van der Waals surface area contributed by atoms with Crippen LogP contribution in [0.3, 0.4) is 0 Å². The first-order valence-corrected chi connectivity index (χ1v) is 6.56. The molecule has 0 radical (unpaired) electrons. The highest BCUT2D eigenvalue weighted by atomic mass is 19.4. The maximum Gasteiger partial charge on any atom is 0.411 e. The molecule has 0 aliphatic heterocycles. The van der Waals surface area contributed by atoms with Crippen LogP contribution in [0.25, 0.3) is 0 Å². The van der Waals surface area contributed by atoms with Gasteiger partial charge in [0, 0.05) is 18.3 Å². The Morgan fingerprint density at radius 3 is 2.90 bits per heavy atom. The third-order valence-electron chi connectivity index (χ3n) is 3.28. The van der Waals surface area contributed by atoms with Crippen LogP contribution in [0.2, 0.25) is 0 Å². The Labute approximate surface area is 119 Å². The molecule has 1 unspecified atom stereocenters. The zero-order valence-electron chi connectivity index (χ0n) is 11.2. The summed E-state index contributed by atoms with van der Waals surface area (Å²) in [6.07, 6.45) is -1.10. The Morgan fingerprint density at radius 1 is 1.48 bits per heavy atom. The predicted octanol–water partition coefficient (Wildman–Crippen LogP) is 1.79. The number of alkyl halides is 3. The molecule has 0 fully saturated rings. The van der Waals surface area contributed by atoms with Gasteiger partial charge in [-0.2, -0.15) is 13.2 Å². The summed E-state index contributed by atoms with van der Waals surface area (Å²) >= 11 is 0. The topological polar surface area (TPSA) is 72.3 Å². The Morgan fingerprint density at radius 2 is 2.24 bits per heavy atom. The van der Waals surface area contributed by atoms with Crippen molar-refractivity contribution < 1.29 is 27.8 Å². The molecule has 1 aliphatic rings. The lowest BCUT2D eigenvalue weighted by Gasteiger charge is -2.20. The lowest BCUT2D eigenvalue weighted by atomic mass is 9.87. The van der Waals surface area contributed by atoms with Crippen molar-refractivity contribution in [3.63, 3.8) is 0 Å². The fourth-order valence-electron chi connectivity index (χ4n) is 2.23. The van der Waals surface area contributed by atoms with E-state index in [2.05, 4.69) is 14.7 Å². The number of fused-ring (bicyclic) bond motifs is 1. The van der Waals surface area contributed by atoms with E-state index < -0.39 is 24.7 Å². The van der Waals surface area contributed by atoms with Gasteiger partial charge in [0.2, 0.25) is 0 Å². The minimum absolute atomic E-state index is 0.101. The summed E-state index contributed by atoms with van der Waals surface area (Å²) in [4.78, 5) is 19.3. The number of aliphatic carboxylic acids is 1. The second kappa shape index (κ2) is 6.38. The van der Waals surface area contributed by atoms with Gasteiger partial charge in [0.15, 0.2) is 0 Å². The molecule has 1 aromatic heterocycles. The summed E-state index contributed by atoms with van der Waals surface area (Å²) in [6.45, 7) is -1.38. The van der Waals surface area contributed by atoms with E-state index in [0.717, 1.165) is 11.3 Å². The zero-order valence-corrected chi connectivity index (χ0v) is 11.2. The van der Waals surface area contributed by atoms with Crippen molar-refractivity contribution >= 4 is 5.97 Å². The van der Waals surface area contributed by atoms with Gasteiger partial charge < -0.3 is 9.84 Å². The number of aryl methyl sites for hydroxylation is 1. The molecule has 2 rings (SSSR count). The van der Waals surface area contributed by atoms with Crippen LogP contribution in [0.4, 0.5) is 13.2 Å². The van der Waals surface area contributed by atoms with E-state index in [0.29, 0.717) is 25.1 Å². The quantitative estimate of drug-likeness (QED) is 0.840. The summed E-state index contributed by atoms with van der Waals surface area (Å²) in [5.74, 6) is -0.822. The largest absolute Gasteiger partial charge is 0.481 e. The Bertz CT molecular complexity index is 520. The van der Waals surface area contributed by atoms with E-state index in [4.69, 9.17) is 5.11 Å². The first-order chi connectivity index (χ1) is 9.85. The van der Waals surface area contributed by atoms with E-state index in [-0.39, 0.29) is 13.0 Å². The molecule has 1 heterocycles. The number of nitrogens with zero attached hydrogens (tertiary/aromatic N) is 2. The fourth-order valence-corrected chi connectivity index (χ4v) is 2.23. The van der Waals surface area contributed by atoms with Crippen LogP contribution < -0.4 is 0 Å². The van der Waals surface area contributed by atoms with Crippen LogP contribution in [0.1, 0.15) is 23.5 Å². The molecule has 1 aromatic rings. The number of carboxylic acids is 1. The molecule has 8 heteroatoms. The highest BCUT2D eigenvalue weighted by molar-refractivity contribution is 5.70. The molecule has 0 saturated heterocycles. The van der Waals surface area contributed by atoms with Gasteiger partial charge in [-0.05, 0) is 24.8 Å². The second-order valence-corrected chi connectivity index (χ2v) is 4.95. The smallest absolute Gasteiger partial charge is 0.411 e. The number of aromatic nitrogens is 2. The normalized spacial score (nSPS) is 18.3. The average molecular weight is 304 g/mol. The molecule has 0 amide bonds. The third-order valence-corrected chi connectivity index (χ3v) is 3.28. The van der Waals surface area contributed by atoms with Crippen molar-refractivity contribution in [2.24, 2.45) is 5.92 Å². The van der Waals surface area contributed by atoms with Gasteiger partial charge in [-0.3, -0.25) is 4.79 Å². The van der Waals surface area contributed by atoms with Crippen LogP contribution in [0.5, 0.6) is 0 Å². The van der Waals surface area contributed by atoms with Crippen molar-refractivity contribution in [1.29, 1.82) is 0 Å². The van der Waals surface area contributed by atoms with Crippen LogP contribution in [0.15, 0.2) is 6.20 Å². The molecular formula is C13H15F3N2O3. The van der Waals surface area contributed by atoms with Crippen molar-refractivity contribution in [2.75, 3.05) is 13.2 Å². The van der Waals surface area contributed by atoms with Crippen LogP contribution >= 0.6 is 0 Å². The van der Waals surface area contributed by atoms with Crippen molar-refractivity contribution in [1.82, 2.24) is 9.97 Å². The molecule has 1 N–H and O–H groups in total. The average Bonchev–Trinajstić information content (AvgIpc) is 2.41. The monoisotopic (exact) mass is 304 g/mol. The van der Waals surface area contributed by atoms with Crippen LogP contribution in [0, 0.1) is 5.92 Å². The Balaban J connectivity index is 1.89. The molecule has 0 bridgehead atoms. The lowest BCUT2D eigenvalue weighted by Crippen LogP contribution is -2.24. The maximum atomic E-state index is 11.9. The zero-order chi connectivity index (χ0) is 15.5. The molecule has 1 aliphatic carbocycles. The van der Waals surface area contributed by atoms with Gasteiger partial charge in [-0.15, -0.1) is 0 Å². The van der Waals surface area contributed by atoms with Crippen LogP contribution in [-0.4, -0.2) is 40.4 Å². The highest BCUT2D eigenvalue weighted by Crippen LogP contribution is 2.24. The molecule has 5 nitrogen and oxygen atoms in total. The molecule has 0 saturated carbocycles. The van der Waals surface area contributed by atoms with E-state index >= 15 is 0 Å². The molecular weight excluding hydrogens is 289 g/mol. The number of carboxylic acid groups (broad SMARTS) is 1. The van der Waals surface area contributed by atoms with Gasteiger partial charge in [-0.25, -0.2) is 9.97 Å². The Hall–Kier alpha value is -1.70. The van der Waals surface area contributed by atoms with Gasteiger partial charge in [-0.1, -0.05) is 0 Å². The number of carbonyl (C=O) groups is 1. The molecule has 0 spiro atoms. The summed E-state index contributed by atoms with van der Waals surface area (Å²) in [6, 6.07) is 0. The highest BCUT2D eigenvalue weighted by Gasteiger charge is 2.27. The Kier molecular flexibility index (Phi) is 4.76. The van der Waals surface area contributed by atoms with E-state index in [1.54, 1.807) is 6.20 Å². The lowest BCUT2D eigenvalue weighted by molar-refractivity contribution is -0.173. The molecule has 21 heavy (non-hydrogen) atoms. The van der Waals surface area contributed by atoms with Gasteiger partial charge >= 0.3 is 12.1 Å². The van der Waals surface area contributed by atoms with Crippen molar-refractivity contribution in [3.8, 4) is 0 Å². The first-order valence-electron chi connectivity index (χ1n) is 6.56. The predicted molar refractivity (Wildman–Crippen MR) is 65.8 cm³/mol. The summed E-state index contributed by atoms with van der Waals surface area (Å²) in [5, 5.41) is 8.98. The standard InChI is InChI=1S/C13H15F3N2O3/c14-13(15,16)7-21-4-3-11-17-6-9-5-8(12(19)20)1-2-10(9)18-11/h6,8H,1-5,7H2,(H,19,20). The van der Waals surface area contributed by atoms with E-state index in [1.165, 1.54) is 0 Å². The summed E-state index contributed by atoms with van der Waals surface area (Å²) in [5.41, 5.74) is 1.59. The SMILES string of the molecule is O=C(O)C1CCc2nc(CCOCC(F)(F)F)ncc2C1. The fraction of sp³-hybridized carbons (Fsp3) is 0.615. The number of hydrogen-bond donors (Lipinski definition) is 1. The summed E-state index contributed by atoms with van der Waals surface area (Å²) in [7, 11) is 0. The number of rotatable bonds is 5. The van der Waals surface area contributed by atoms with E-state index in [9.17, 15) is 18.0 Å². The molecule has 1 atom stereocenters. The molecule has 116 valence electrons. The van der Waals surface area contributed by atoms with Crippen LogP contribution in [-0.2, 0) is 28.8 Å². The number of hydrogen-bond acceptors (Lipinski definition) is 4. The number of ether oxygens (including phenoxy) is 1. The van der Waals surface area contributed by atoms with Gasteiger partial charge in [0.05, 0.1) is 12.5 Å². The van der Waals surface area contributed by atoms with E-state index in [1.807, 2.05) is 0 Å². The van der Waals surface area contributed by atoms with Crippen molar-refractivity contribution in [3.05, 3.63) is 23.3 Å². The first kappa shape index (κ1) is 15.7. The minimum atomic E-state index is -4.33. The minimum Gasteiger partial charge on any atom is -0.481 e. The molecule has 0 aromatic carbocycles. The number of halogens is 3.